The van der Waals surface area contributed by atoms with Gasteiger partial charge in [0.05, 0.1) is 40.1 Å². The van der Waals surface area contributed by atoms with E-state index in [1.807, 2.05) is 23.5 Å². The van der Waals surface area contributed by atoms with Gasteiger partial charge in [-0.05, 0) is 69.5 Å². The molecule has 4 aromatic carbocycles. The SMILES string of the molecule is c1cc2c3c(c1)SCNC31c3c(ccc4c3C3c5c-4ccc4c5C5(NCSc6cccc(c65)C4)[n+]4ccc[n+]1c43)C2. The lowest BCUT2D eigenvalue weighted by atomic mass is 9.67. The first-order chi connectivity index (χ1) is 20.3. The monoisotopic (exact) mass is 564 g/mol. The second kappa shape index (κ2) is 6.63. The fourth-order valence-corrected chi connectivity index (χ4v) is 12.0. The molecule has 0 bridgehead atoms. The summed E-state index contributed by atoms with van der Waals surface area (Å²) in [5.74, 6) is 3.41. The van der Waals surface area contributed by atoms with Crippen molar-refractivity contribution in [1.82, 2.24) is 10.6 Å². The van der Waals surface area contributed by atoms with E-state index < -0.39 is 11.3 Å². The Labute approximate surface area is 245 Å². The van der Waals surface area contributed by atoms with Crippen LogP contribution in [0.2, 0.25) is 0 Å². The van der Waals surface area contributed by atoms with Gasteiger partial charge in [0.25, 0.3) is 11.3 Å². The lowest BCUT2D eigenvalue weighted by Gasteiger charge is -2.47. The molecule has 0 radical (unpaired) electrons. The highest BCUT2D eigenvalue weighted by Crippen LogP contribution is 2.62. The van der Waals surface area contributed by atoms with Gasteiger partial charge in [-0.1, -0.05) is 48.5 Å². The van der Waals surface area contributed by atoms with Gasteiger partial charge in [-0.3, -0.25) is 0 Å². The van der Waals surface area contributed by atoms with Crippen molar-refractivity contribution in [2.45, 2.75) is 39.9 Å². The minimum Gasteiger partial charge on any atom is -0.238 e. The van der Waals surface area contributed by atoms with E-state index in [1.165, 1.54) is 71.2 Å². The zero-order chi connectivity index (χ0) is 26.2. The zero-order valence-corrected chi connectivity index (χ0v) is 23.8. The highest BCUT2D eigenvalue weighted by atomic mass is 32.2. The van der Waals surface area contributed by atoms with Gasteiger partial charge in [0.2, 0.25) is 0 Å². The summed E-state index contributed by atoms with van der Waals surface area (Å²) >= 11 is 3.90. The first kappa shape index (κ1) is 21.3. The highest BCUT2D eigenvalue weighted by molar-refractivity contribution is 7.99. The quantitative estimate of drug-likeness (QED) is 0.263. The van der Waals surface area contributed by atoms with Crippen LogP contribution < -0.4 is 19.8 Å². The molecule has 1 aromatic heterocycles. The van der Waals surface area contributed by atoms with Crippen molar-refractivity contribution in [3.63, 3.8) is 0 Å². The molecule has 4 aliphatic heterocycles. The van der Waals surface area contributed by atoms with Crippen LogP contribution in [0.1, 0.15) is 67.4 Å². The van der Waals surface area contributed by atoms with Crippen molar-refractivity contribution in [3.8, 4) is 11.1 Å². The molecule has 4 nitrogen and oxygen atoms in total. The third-order valence-electron chi connectivity index (χ3n) is 11.0. The fourth-order valence-electron chi connectivity index (χ4n) is 9.89. The number of aromatic nitrogens is 2. The van der Waals surface area contributed by atoms with E-state index in [9.17, 15) is 0 Å². The maximum atomic E-state index is 4.16. The van der Waals surface area contributed by atoms with Crippen molar-refractivity contribution < 1.29 is 9.13 Å². The van der Waals surface area contributed by atoms with Gasteiger partial charge >= 0.3 is 5.82 Å². The number of rotatable bonds is 0. The van der Waals surface area contributed by atoms with E-state index >= 15 is 0 Å². The van der Waals surface area contributed by atoms with Crippen LogP contribution in [0.5, 0.6) is 0 Å². The number of hydrogen-bond donors (Lipinski definition) is 2. The third kappa shape index (κ3) is 2.04. The molecule has 3 aliphatic carbocycles. The van der Waals surface area contributed by atoms with E-state index in [-0.39, 0.29) is 5.92 Å². The fraction of sp³-hybridized carbons (Fsp3) is 0.200. The number of nitrogens with zero attached hydrogens (tertiary/aromatic N) is 2. The molecule has 2 spiro atoms. The lowest BCUT2D eigenvalue weighted by Crippen LogP contribution is -2.81. The van der Waals surface area contributed by atoms with Gasteiger partial charge in [0.1, 0.15) is 0 Å². The minimum atomic E-state index is -0.412. The standard InChI is InChI=1S/C35H24N4S2/c1-4-18-14-20-8-10-22-23-11-9-21-15-19-5-2-7-25-30(19)35(37-17-41-25)32(21)27(23)28-26(22)31(20)34(29(18)24(6-1)40-16-36-34)38-12-3-13-39(35)33(28)38/h1-13,28,36-37H,14-17H2/q+2. The van der Waals surface area contributed by atoms with E-state index in [0.717, 1.165) is 24.6 Å². The Morgan fingerprint density at radius 3 is 1.63 bits per heavy atom. The molecule has 2 N–H and O–H groups in total. The molecule has 7 aliphatic rings. The summed E-state index contributed by atoms with van der Waals surface area (Å²) in [5.41, 5.74) is 17.0. The molecule has 2 unspecified atom stereocenters. The van der Waals surface area contributed by atoms with Crippen molar-refractivity contribution >= 4 is 23.5 Å². The van der Waals surface area contributed by atoms with Crippen molar-refractivity contribution in [3.05, 3.63) is 141 Å². The third-order valence-corrected chi connectivity index (χ3v) is 12.9. The number of hydrogen-bond acceptors (Lipinski definition) is 4. The molecule has 0 fully saturated rings. The smallest absolute Gasteiger partial charge is 0.238 e. The van der Waals surface area contributed by atoms with Crippen LogP contribution in [0.3, 0.4) is 0 Å². The number of thioether (sulfide) groups is 2. The van der Waals surface area contributed by atoms with Gasteiger partial charge in [-0.2, -0.15) is 0 Å². The highest BCUT2D eigenvalue weighted by Gasteiger charge is 2.70. The maximum absolute atomic E-state index is 4.16. The molecule has 6 heteroatoms. The van der Waals surface area contributed by atoms with Crippen LogP contribution in [0, 0.1) is 0 Å². The second-order valence-corrected chi connectivity index (χ2v) is 14.5. The Morgan fingerprint density at radius 1 is 0.585 bits per heavy atom. The Hall–Kier alpha value is -3.42. The molecular formula is C35H24N4S2+2. The Bertz CT molecular complexity index is 2010. The molecule has 41 heavy (non-hydrogen) atoms. The first-order valence-corrected chi connectivity index (χ1v) is 16.6. The predicted molar refractivity (Wildman–Crippen MR) is 158 cm³/mol. The lowest BCUT2D eigenvalue weighted by molar-refractivity contribution is -0.886. The van der Waals surface area contributed by atoms with E-state index in [0.29, 0.717) is 0 Å². The van der Waals surface area contributed by atoms with Crippen LogP contribution in [0.4, 0.5) is 0 Å². The predicted octanol–water partition coefficient (Wildman–Crippen LogP) is 4.66. The van der Waals surface area contributed by atoms with Gasteiger partial charge < -0.3 is 0 Å². The van der Waals surface area contributed by atoms with Crippen LogP contribution >= 0.6 is 23.5 Å². The average Bonchev–Trinajstić information content (AvgIpc) is 3.35. The van der Waals surface area contributed by atoms with Crippen molar-refractivity contribution in [1.29, 1.82) is 0 Å². The Morgan fingerprint density at radius 2 is 1.10 bits per heavy atom. The minimum absolute atomic E-state index is 0.234. The topological polar surface area (TPSA) is 31.8 Å². The molecule has 0 saturated heterocycles. The van der Waals surface area contributed by atoms with Crippen LogP contribution in [0.25, 0.3) is 11.1 Å². The summed E-state index contributed by atoms with van der Waals surface area (Å²) in [6.45, 7) is 0. The largest absolute Gasteiger partial charge is 0.434 e. The molecule has 194 valence electrons. The molecule has 5 aromatic rings. The van der Waals surface area contributed by atoms with Gasteiger partial charge in [0.15, 0.2) is 18.3 Å². The Kier molecular flexibility index (Phi) is 3.45. The second-order valence-electron chi connectivity index (χ2n) is 12.4. The summed E-state index contributed by atoms with van der Waals surface area (Å²) in [4.78, 5) is 2.84. The van der Waals surface area contributed by atoms with E-state index in [1.54, 1.807) is 11.1 Å². The first-order valence-electron chi connectivity index (χ1n) is 14.6. The van der Waals surface area contributed by atoms with Crippen LogP contribution in [-0.4, -0.2) is 11.8 Å². The van der Waals surface area contributed by atoms with E-state index in [2.05, 4.69) is 98.9 Å². The summed E-state index contributed by atoms with van der Waals surface area (Å²) in [6, 6.07) is 26.0. The normalized spacial score (nSPS) is 26.7. The van der Waals surface area contributed by atoms with Crippen LogP contribution in [0.15, 0.2) is 88.9 Å². The molecule has 0 amide bonds. The van der Waals surface area contributed by atoms with Gasteiger partial charge in [0, 0.05) is 9.79 Å². The summed E-state index contributed by atoms with van der Waals surface area (Å²) in [7, 11) is 0. The molecule has 5 heterocycles. The number of benzene rings is 4. The Balaban J connectivity index is 1.34. The van der Waals surface area contributed by atoms with Gasteiger partial charge in [-0.25, -0.2) is 10.6 Å². The van der Waals surface area contributed by atoms with Crippen molar-refractivity contribution in [2.24, 2.45) is 0 Å². The molecule has 0 saturated carbocycles. The average molecular weight is 565 g/mol. The summed E-state index contributed by atoms with van der Waals surface area (Å²) in [6.07, 6.45) is 6.74. The summed E-state index contributed by atoms with van der Waals surface area (Å²) < 4.78 is 5.32. The molecule has 2 atom stereocenters. The molecular weight excluding hydrogens is 541 g/mol. The number of fused-ring (bicyclic) bond motifs is 1. The molecule has 12 rings (SSSR count). The van der Waals surface area contributed by atoms with E-state index in [4.69, 9.17) is 0 Å². The number of nitrogens with one attached hydrogen (secondary N) is 2. The van der Waals surface area contributed by atoms with Crippen LogP contribution in [-0.2, 0) is 24.2 Å². The summed E-state index contributed by atoms with van der Waals surface area (Å²) in [5, 5.41) is 8.31. The maximum Gasteiger partial charge on any atom is 0.434 e. The zero-order valence-electron chi connectivity index (χ0n) is 22.1. The van der Waals surface area contributed by atoms with Gasteiger partial charge in [-0.15, -0.1) is 32.7 Å². The van der Waals surface area contributed by atoms with Crippen molar-refractivity contribution in [2.75, 3.05) is 11.8 Å².